The lowest BCUT2D eigenvalue weighted by Crippen LogP contribution is -2.34. The fourth-order valence-electron chi connectivity index (χ4n) is 2.97. The Bertz CT molecular complexity index is 670. The molecule has 126 valence electrons. The molecule has 0 atom stereocenters. The van der Waals surface area contributed by atoms with E-state index in [9.17, 15) is 9.18 Å². The molecule has 1 aromatic carbocycles. The first-order valence-electron chi connectivity index (χ1n) is 8.12. The molecule has 1 aliphatic rings. The van der Waals surface area contributed by atoms with Crippen LogP contribution in [0.5, 0.6) is 11.6 Å². The smallest absolute Gasteiger partial charge is 0.241 e. The maximum atomic E-state index is 12.5. The summed E-state index contributed by atoms with van der Waals surface area (Å²) in [6, 6.07) is 6.89. The van der Waals surface area contributed by atoms with E-state index in [-0.39, 0.29) is 12.6 Å². The number of nitrogens with zero attached hydrogens (tertiary/aromatic N) is 3. The molecular weight excluding hydrogens is 309 g/mol. The Morgan fingerprint density at radius 1 is 1.17 bits per heavy atom. The highest BCUT2D eigenvalue weighted by Gasteiger charge is 2.25. The Kier molecular flexibility index (Phi) is 5.48. The molecule has 24 heavy (non-hydrogen) atoms. The highest BCUT2D eigenvalue weighted by Crippen LogP contribution is 2.33. The number of aldehydes is 1. The fourth-order valence-corrected chi connectivity index (χ4v) is 2.97. The first kappa shape index (κ1) is 16.5. The summed E-state index contributed by atoms with van der Waals surface area (Å²) in [5.41, 5.74) is 1.44. The van der Waals surface area contributed by atoms with Gasteiger partial charge in [0, 0.05) is 30.4 Å². The fraction of sp³-hybridized carbons (Fsp3) is 0.389. The molecule has 3 rings (SSSR count). The van der Waals surface area contributed by atoms with Gasteiger partial charge in [0.25, 0.3) is 0 Å². The van der Waals surface area contributed by atoms with Crippen molar-refractivity contribution in [2.75, 3.05) is 26.3 Å². The first-order valence-corrected chi connectivity index (χ1v) is 8.12. The lowest BCUT2D eigenvalue weighted by atomic mass is 9.93. The standard InChI is InChI=1S/C18H20FN3O2/c19-7-12-22-10-5-15(6-11-22)17-18(21-9-8-20-17)24-16-3-1-14(13-23)2-4-16/h1-4,8-9,13,15H,5-7,10-12H2. The van der Waals surface area contributed by atoms with Gasteiger partial charge in [-0.25, -0.2) is 9.37 Å². The van der Waals surface area contributed by atoms with E-state index in [2.05, 4.69) is 14.9 Å². The number of aromatic nitrogens is 2. The van der Waals surface area contributed by atoms with Crippen LogP contribution < -0.4 is 4.74 Å². The van der Waals surface area contributed by atoms with E-state index >= 15 is 0 Å². The summed E-state index contributed by atoms with van der Waals surface area (Å²) >= 11 is 0. The molecule has 1 aliphatic heterocycles. The minimum atomic E-state index is -0.305. The third kappa shape index (κ3) is 3.94. The second kappa shape index (κ2) is 7.97. The molecule has 0 spiro atoms. The molecule has 1 aromatic heterocycles. The van der Waals surface area contributed by atoms with Gasteiger partial charge in [0.15, 0.2) is 0 Å². The number of halogens is 1. The van der Waals surface area contributed by atoms with Crippen molar-refractivity contribution in [1.29, 1.82) is 0 Å². The maximum Gasteiger partial charge on any atom is 0.241 e. The number of carbonyl (C=O) groups excluding carboxylic acids is 1. The quantitative estimate of drug-likeness (QED) is 0.762. The van der Waals surface area contributed by atoms with Crippen LogP contribution in [0.3, 0.4) is 0 Å². The molecule has 2 heterocycles. The Hall–Kier alpha value is -2.34. The van der Waals surface area contributed by atoms with Gasteiger partial charge in [-0.05, 0) is 50.2 Å². The largest absolute Gasteiger partial charge is 0.437 e. The summed E-state index contributed by atoms with van der Waals surface area (Å²) in [6.45, 7) is 1.91. The molecule has 2 aromatic rings. The third-order valence-electron chi connectivity index (χ3n) is 4.30. The van der Waals surface area contributed by atoms with Gasteiger partial charge in [0.1, 0.15) is 24.4 Å². The Balaban J connectivity index is 1.72. The number of carbonyl (C=O) groups is 1. The van der Waals surface area contributed by atoms with Gasteiger partial charge in [0.05, 0.1) is 0 Å². The second-order valence-corrected chi connectivity index (χ2v) is 5.84. The summed E-state index contributed by atoms with van der Waals surface area (Å²) in [4.78, 5) is 21.6. The Labute approximate surface area is 140 Å². The van der Waals surface area contributed by atoms with Gasteiger partial charge in [-0.15, -0.1) is 0 Å². The van der Waals surface area contributed by atoms with Crippen molar-refractivity contribution in [1.82, 2.24) is 14.9 Å². The Morgan fingerprint density at radius 3 is 2.54 bits per heavy atom. The predicted molar refractivity (Wildman–Crippen MR) is 88.3 cm³/mol. The normalized spacial score (nSPS) is 16.0. The van der Waals surface area contributed by atoms with Crippen LogP contribution in [0.25, 0.3) is 0 Å². The van der Waals surface area contributed by atoms with E-state index in [1.807, 2.05) is 0 Å². The molecule has 0 aliphatic carbocycles. The van der Waals surface area contributed by atoms with Gasteiger partial charge in [0.2, 0.25) is 5.88 Å². The van der Waals surface area contributed by atoms with Gasteiger partial charge in [-0.3, -0.25) is 9.78 Å². The predicted octanol–water partition coefficient (Wildman–Crippen LogP) is 3.23. The van der Waals surface area contributed by atoms with E-state index in [1.54, 1.807) is 36.7 Å². The highest BCUT2D eigenvalue weighted by atomic mass is 19.1. The van der Waals surface area contributed by atoms with Crippen molar-refractivity contribution in [2.45, 2.75) is 18.8 Å². The zero-order valence-corrected chi connectivity index (χ0v) is 13.4. The number of alkyl halides is 1. The number of benzene rings is 1. The van der Waals surface area contributed by atoms with E-state index < -0.39 is 0 Å². The van der Waals surface area contributed by atoms with Crippen LogP contribution >= 0.6 is 0 Å². The van der Waals surface area contributed by atoms with Crippen LogP contribution in [0, 0.1) is 0 Å². The van der Waals surface area contributed by atoms with Crippen LogP contribution in [0.4, 0.5) is 4.39 Å². The van der Waals surface area contributed by atoms with Gasteiger partial charge in [-0.2, -0.15) is 0 Å². The summed E-state index contributed by atoms with van der Waals surface area (Å²) in [7, 11) is 0. The van der Waals surface area contributed by atoms with Crippen LogP contribution in [-0.2, 0) is 0 Å². The number of hydrogen-bond donors (Lipinski definition) is 0. The summed E-state index contributed by atoms with van der Waals surface area (Å²) in [5.74, 6) is 1.39. The average molecular weight is 329 g/mol. The maximum absolute atomic E-state index is 12.5. The molecule has 5 nitrogen and oxygen atoms in total. The van der Waals surface area contributed by atoms with Gasteiger partial charge < -0.3 is 9.64 Å². The van der Waals surface area contributed by atoms with Crippen LogP contribution in [-0.4, -0.2) is 47.5 Å². The monoisotopic (exact) mass is 329 g/mol. The van der Waals surface area contributed by atoms with Gasteiger partial charge in [-0.1, -0.05) is 0 Å². The molecule has 1 fully saturated rings. The van der Waals surface area contributed by atoms with Crippen molar-refractivity contribution < 1.29 is 13.9 Å². The number of likely N-dealkylation sites (tertiary alicyclic amines) is 1. The van der Waals surface area contributed by atoms with E-state index in [0.29, 0.717) is 23.7 Å². The summed E-state index contributed by atoms with van der Waals surface area (Å²) in [6.07, 6.45) is 5.91. The van der Waals surface area contributed by atoms with Crippen molar-refractivity contribution in [2.24, 2.45) is 0 Å². The molecule has 0 radical (unpaired) electrons. The minimum absolute atomic E-state index is 0.263. The van der Waals surface area contributed by atoms with Crippen LogP contribution in [0.15, 0.2) is 36.7 Å². The zero-order valence-electron chi connectivity index (χ0n) is 13.4. The highest BCUT2D eigenvalue weighted by molar-refractivity contribution is 5.74. The first-order chi connectivity index (χ1) is 11.8. The SMILES string of the molecule is O=Cc1ccc(Oc2nccnc2C2CCN(CCF)CC2)cc1. The molecule has 0 amide bonds. The van der Waals surface area contributed by atoms with Crippen molar-refractivity contribution >= 4 is 6.29 Å². The zero-order chi connectivity index (χ0) is 16.8. The van der Waals surface area contributed by atoms with Crippen molar-refractivity contribution in [3.63, 3.8) is 0 Å². The second-order valence-electron chi connectivity index (χ2n) is 5.84. The number of piperidine rings is 1. The molecule has 0 N–H and O–H groups in total. The van der Waals surface area contributed by atoms with E-state index in [1.165, 1.54) is 0 Å². The third-order valence-corrected chi connectivity index (χ3v) is 4.30. The van der Waals surface area contributed by atoms with Crippen molar-refractivity contribution in [3.8, 4) is 11.6 Å². The molecule has 1 saturated heterocycles. The molecule has 0 bridgehead atoms. The molecule has 6 heteroatoms. The lowest BCUT2D eigenvalue weighted by molar-refractivity contribution is 0.112. The molecule has 0 saturated carbocycles. The number of ether oxygens (including phenoxy) is 1. The topological polar surface area (TPSA) is 55.3 Å². The summed E-state index contributed by atoms with van der Waals surface area (Å²) in [5, 5.41) is 0. The van der Waals surface area contributed by atoms with Crippen LogP contribution in [0.1, 0.15) is 34.8 Å². The minimum Gasteiger partial charge on any atom is -0.437 e. The van der Waals surface area contributed by atoms with E-state index in [4.69, 9.17) is 4.74 Å². The summed E-state index contributed by atoms with van der Waals surface area (Å²) < 4.78 is 18.3. The molecular formula is C18H20FN3O2. The average Bonchev–Trinajstić information content (AvgIpc) is 2.64. The lowest BCUT2D eigenvalue weighted by Gasteiger charge is -2.31. The van der Waals surface area contributed by atoms with E-state index in [0.717, 1.165) is 37.9 Å². The van der Waals surface area contributed by atoms with Crippen LogP contribution in [0.2, 0.25) is 0 Å². The van der Waals surface area contributed by atoms with Crippen molar-refractivity contribution in [3.05, 3.63) is 47.9 Å². The number of hydrogen-bond acceptors (Lipinski definition) is 5. The molecule has 0 unspecified atom stereocenters. The van der Waals surface area contributed by atoms with Gasteiger partial charge >= 0.3 is 0 Å². The Morgan fingerprint density at radius 2 is 1.88 bits per heavy atom. The number of rotatable bonds is 6.